The molecule has 0 aromatic carbocycles. The van der Waals surface area contributed by atoms with Crippen molar-refractivity contribution in [1.29, 1.82) is 0 Å². The quantitative estimate of drug-likeness (QED) is 0.806. The second kappa shape index (κ2) is 7.82. The van der Waals surface area contributed by atoms with E-state index < -0.39 is 12.1 Å². The van der Waals surface area contributed by atoms with E-state index in [1.807, 2.05) is 20.1 Å². The van der Waals surface area contributed by atoms with Crippen LogP contribution in [0.15, 0.2) is 0 Å². The predicted octanol–water partition coefficient (Wildman–Crippen LogP) is 1.46. The summed E-state index contributed by atoms with van der Waals surface area (Å²) in [7, 11) is 0. The number of hydrogen-bond donors (Lipinski definition) is 1. The molecule has 0 spiro atoms. The highest BCUT2D eigenvalue weighted by Gasteiger charge is 2.42. The third-order valence-electron chi connectivity index (χ3n) is 4.27. The van der Waals surface area contributed by atoms with Crippen LogP contribution in [0.2, 0.25) is 0 Å². The summed E-state index contributed by atoms with van der Waals surface area (Å²) in [5, 5.41) is 2.59. The van der Waals surface area contributed by atoms with Crippen LogP contribution >= 0.6 is 11.8 Å². The van der Waals surface area contributed by atoms with Gasteiger partial charge in [0.1, 0.15) is 6.04 Å². The molecule has 1 heterocycles. The highest BCUT2D eigenvalue weighted by Crippen LogP contribution is 2.29. The van der Waals surface area contributed by atoms with Crippen molar-refractivity contribution in [3.05, 3.63) is 0 Å². The van der Waals surface area contributed by atoms with Gasteiger partial charge >= 0.3 is 0 Å². The lowest BCUT2D eigenvalue weighted by Crippen LogP contribution is -2.53. The number of hydrogen-bond acceptors (Lipinski definition) is 4. The zero-order valence-electron chi connectivity index (χ0n) is 13.5. The van der Waals surface area contributed by atoms with Crippen molar-refractivity contribution in [2.75, 3.05) is 12.8 Å². The number of nitrogens with one attached hydrogen (secondary N) is 1. The number of Topliss-reactive ketones (excluding diaryl/α,β-unsaturated/α-hetero) is 1. The molecule has 5 nitrogen and oxygen atoms in total. The first-order valence-corrected chi connectivity index (χ1v) is 8.76. The van der Waals surface area contributed by atoms with Crippen LogP contribution in [-0.2, 0) is 14.4 Å². The Morgan fingerprint density at radius 1 is 1.33 bits per heavy atom. The van der Waals surface area contributed by atoms with E-state index in [0.29, 0.717) is 6.54 Å². The molecule has 6 heteroatoms. The van der Waals surface area contributed by atoms with Crippen molar-refractivity contribution in [3.63, 3.8) is 0 Å². The van der Waals surface area contributed by atoms with Gasteiger partial charge in [-0.25, -0.2) is 0 Å². The van der Waals surface area contributed by atoms with E-state index >= 15 is 0 Å². The summed E-state index contributed by atoms with van der Waals surface area (Å²) in [6.07, 6.45) is 3.59. The Balaban J connectivity index is 2.88. The lowest BCUT2D eigenvalue weighted by atomic mass is 9.96. The van der Waals surface area contributed by atoms with Gasteiger partial charge in [0, 0.05) is 6.54 Å². The van der Waals surface area contributed by atoms with Crippen LogP contribution in [0, 0.1) is 5.92 Å². The minimum absolute atomic E-state index is 0.00841. The first kappa shape index (κ1) is 18.0. The fourth-order valence-electron chi connectivity index (χ4n) is 2.62. The zero-order valence-corrected chi connectivity index (χ0v) is 14.3. The zero-order chi connectivity index (χ0) is 16.2. The molecule has 0 bridgehead atoms. The number of nitrogens with zero attached hydrogens (tertiary/aromatic N) is 1. The second-order valence-electron chi connectivity index (χ2n) is 5.65. The summed E-state index contributed by atoms with van der Waals surface area (Å²) in [6, 6.07) is -0.954. The fourth-order valence-corrected chi connectivity index (χ4v) is 2.96. The fraction of sp³-hybridized carbons (Fsp3) is 0.800. The summed E-state index contributed by atoms with van der Waals surface area (Å²) >= 11 is 1.48. The van der Waals surface area contributed by atoms with Crippen molar-refractivity contribution >= 4 is 29.4 Å². The predicted molar refractivity (Wildman–Crippen MR) is 85.2 cm³/mol. The van der Waals surface area contributed by atoms with Gasteiger partial charge in [-0.05, 0) is 39.4 Å². The molecule has 1 aliphatic heterocycles. The monoisotopic (exact) mass is 314 g/mol. The number of rotatable bonds is 6. The Morgan fingerprint density at radius 2 is 1.95 bits per heavy atom. The molecule has 4 atom stereocenters. The van der Waals surface area contributed by atoms with E-state index in [1.165, 1.54) is 18.7 Å². The smallest absolute Gasteiger partial charge is 0.243 e. The van der Waals surface area contributed by atoms with Crippen molar-refractivity contribution in [2.45, 2.75) is 57.9 Å². The Morgan fingerprint density at radius 3 is 2.43 bits per heavy atom. The average Bonchev–Trinajstić information content (AvgIpc) is 2.89. The van der Waals surface area contributed by atoms with E-state index in [2.05, 4.69) is 5.32 Å². The molecule has 1 saturated heterocycles. The summed E-state index contributed by atoms with van der Waals surface area (Å²) in [4.78, 5) is 37.9. The minimum Gasteiger partial charge on any atom is -0.345 e. The van der Waals surface area contributed by atoms with E-state index in [0.717, 1.165) is 12.8 Å². The summed E-state index contributed by atoms with van der Waals surface area (Å²) in [5.74, 6) is -0.107. The van der Waals surface area contributed by atoms with Crippen molar-refractivity contribution in [2.24, 2.45) is 5.92 Å². The largest absolute Gasteiger partial charge is 0.345 e. The normalized spacial score (nSPS) is 24.5. The lowest BCUT2D eigenvalue weighted by Gasteiger charge is -2.29. The van der Waals surface area contributed by atoms with Crippen molar-refractivity contribution in [3.8, 4) is 0 Å². The molecule has 0 saturated carbocycles. The molecule has 1 rings (SSSR count). The lowest BCUT2D eigenvalue weighted by molar-refractivity contribution is -0.139. The Hall–Kier alpha value is -1.04. The molecule has 0 aromatic heterocycles. The number of carbonyl (C=O) groups excluding carboxylic acids is 3. The highest BCUT2D eigenvalue weighted by molar-refractivity contribution is 7.99. The molecule has 1 N–H and O–H groups in total. The molecule has 1 fully saturated rings. The van der Waals surface area contributed by atoms with Gasteiger partial charge in [-0.3, -0.25) is 14.4 Å². The molecule has 1 aliphatic rings. The van der Waals surface area contributed by atoms with Gasteiger partial charge in [-0.2, -0.15) is 11.8 Å². The maximum Gasteiger partial charge on any atom is 0.243 e. The molecule has 4 unspecified atom stereocenters. The molecule has 21 heavy (non-hydrogen) atoms. The first-order valence-electron chi connectivity index (χ1n) is 7.47. The van der Waals surface area contributed by atoms with Crippen LogP contribution in [0.4, 0.5) is 0 Å². The Bertz CT molecular complexity index is 414. The molecular weight excluding hydrogens is 288 g/mol. The standard InChI is InChI=1S/C15H26N2O3S/c1-6-12-7-8-17(15(20)11(4)21-5)13(12)14(19)16-9(2)10(3)18/h9,11-13H,6-8H2,1-5H3,(H,16,19). The van der Waals surface area contributed by atoms with Crippen LogP contribution in [0.3, 0.4) is 0 Å². The number of likely N-dealkylation sites (tertiary alicyclic amines) is 1. The summed E-state index contributed by atoms with van der Waals surface area (Å²) < 4.78 is 0. The molecule has 0 aromatic rings. The molecular formula is C15H26N2O3S. The molecule has 0 radical (unpaired) electrons. The summed E-state index contributed by atoms with van der Waals surface area (Å²) in [6.45, 7) is 7.64. The third-order valence-corrected chi connectivity index (χ3v) is 5.18. The van der Waals surface area contributed by atoms with E-state index in [9.17, 15) is 14.4 Å². The van der Waals surface area contributed by atoms with Crippen LogP contribution < -0.4 is 5.32 Å². The number of amides is 2. The van der Waals surface area contributed by atoms with E-state index in [-0.39, 0.29) is 28.8 Å². The molecule has 2 amide bonds. The summed E-state index contributed by atoms with van der Waals surface area (Å²) in [5.41, 5.74) is 0. The van der Waals surface area contributed by atoms with Crippen LogP contribution in [0.5, 0.6) is 0 Å². The molecule has 0 aliphatic carbocycles. The van der Waals surface area contributed by atoms with Crippen LogP contribution in [0.25, 0.3) is 0 Å². The van der Waals surface area contributed by atoms with Gasteiger partial charge in [-0.1, -0.05) is 13.3 Å². The minimum atomic E-state index is -0.509. The highest BCUT2D eigenvalue weighted by atomic mass is 32.2. The first-order chi connectivity index (χ1) is 9.83. The van der Waals surface area contributed by atoms with Gasteiger partial charge in [-0.15, -0.1) is 0 Å². The van der Waals surface area contributed by atoms with Gasteiger partial charge < -0.3 is 10.2 Å². The molecule has 120 valence electrons. The third kappa shape index (κ3) is 4.22. The van der Waals surface area contributed by atoms with E-state index in [4.69, 9.17) is 0 Å². The van der Waals surface area contributed by atoms with E-state index in [1.54, 1.807) is 11.8 Å². The SMILES string of the molecule is CCC1CCN(C(=O)C(C)SC)C1C(=O)NC(C)C(C)=O. The number of carbonyl (C=O) groups is 3. The average molecular weight is 314 g/mol. The Labute approximate surface area is 131 Å². The van der Waals surface area contributed by atoms with Crippen molar-refractivity contribution in [1.82, 2.24) is 10.2 Å². The van der Waals surface area contributed by atoms with Crippen LogP contribution in [-0.4, -0.2) is 52.6 Å². The topological polar surface area (TPSA) is 66.5 Å². The maximum atomic E-state index is 12.5. The number of thioether (sulfide) groups is 1. The van der Waals surface area contributed by atoms with Gasteiger partial charge in [0.15, 0.2) is 5.78 Å². The second-order valence-corrected chi connectivity index (χ2v) is 6.83. The van der Waals surface area contributed by atoms with Crippen LogP contribution in [0.1, 0.15) is 40.5 Å². The number of ketones is 1. The van der Waals surface area contributed by atoms with Gasteiger partial charge in [0.2, 0.25) is 11.8 Å². The maximum absolute atomic E-state index is 12.5. The van der Waals surface area contributed by atoms with Gasteiger partial charge in [0.25, 0.3) is 0 Å². The van der Waals surface area contributed by atoms with Crippen molar-refractivity contribution < 1.29 is 14.4 Å². The van der Waals surface area contributed by atoms with Gasteiger partial charge in [0.05, 0.1) is 11.3 Å². The Kier molecular flexibility index (Phi) is 6.71.